The van der Waals surface area contributed by atoms with Crippen LogP contribution in [0.5, 0.6) is 0 Å². The van der Waals surface area contributed by atoms with Gasteiger partial charge in [0.2, 0.25) is 5.91 Å². The molecule has 0 bridgehead atoms. The molecule has 0 radical (unpaired) electrons. The van der Waals surface area contributed by atoms with E-state index in [0.717, 1.165) is 19.2 Å². The lowest BCUT2D eigenvalue weighted by Gasteiger charge is -2.45. The molecule has 2 fully saturated rings. The Morgan fingerprint density at radius 2 is 2.21 bits per heavy atom. The maximum Gasteiger partial charge on any atom is 0.417 e. The van der Waals surface area contributed by atoms with Gasteiger partial charge in [-0.05, 0) is 19.0 Å². The third-order valence-electron chi connectivity index (χ3n) is 5.40. The molecule has 1 N–H and O–H groups in total. The number of anilines is 1. The maximum absolute atomic E-state index is 12.9. The number of piperazine rings is 1. The Kier molecular flexibility index (Phi) is 5.71. The van der Waals surface area contributed by atoms with Crippen molar-refractivity contribution in [2.75, 3.05) is 50.0 Å². The Labute approximate surface area is 165 Å². The van der Waals surface area contributed by atoms with E-state index in [-0.39, 0.29) is 11.9 Å². The molecule has 0 saturated carbocycles. The van der Waals surface area contributed by atoms with Gasteiger partial charge in [-0.25, -0.2) is 4.98 Å². The Balaban J connectivity index is 1.31. The van der Waals surface area contributed by atoms with Gasteiger partial charge in [0.05, 0.1) is 36.1 Å². The fourth-order valence-corrected chi connectivity index (χ4v) is 4.80. The Hall–Kier alpha value is -1.52. The van der Waals surface area contributed by atoms with Crippen molar-refractivity contribution in [2.24, 2.45) is 0 Å². The number of carbonyl (C=O) groups excluding carboxylic acids is 1. The Morgan fingerprint density at radius 1 is 1.39 bits per heavy atom. The van der Waals surface area contributed by atoms with Crippen LogP contribution in [0.25, 0.3) is 0 Å². The van der Waals surface area contributed by atoms with Crippen LogP contribution in [0.1, 0.15) is 18.4 Å². The average molecular weight is 416 g/mol. The number of hydrogen-bond acceptors (Lipinski definition) is 6. The normalized spacial score (nSPS) is 24.4. The zero-order valence-corrected chi connectivity index (χ0v) is 16.2. The van der Waals surface area contributed by atoms with Crippen LogP contribution in [0.15, 0.2) is 17.2 Å². The summed E-state index contributed by atoms with van der Waals surface area (Å²) >= 11 is 1.38. The van der Waals surface area contributed by atoms with Crippen LogP contribution >= 0.6 is 11.8 Å². The van der Waals surface area contributed by atoms with Crippen molar-refractivity contribution >= 4 is 23.5 Å². The van der Waals surface area contributed by atoms with Crippen LogP contribution < -0.4 is 10.2 Å². The smallest absolute Gasteiger partial charge is 0.379 e. The first kappa shape index (κ1) is 19.8. The molecule has 3 aliphatic heterocycles. The van der Waals surface area contributed by atoms with Gasteiger partial charge in [0.15, 0.2) is 0 Å². The van der Waals surface area contributed by atoms with E-state index in [9.17, 15) is 18.0 Å². The summed E-state index contributed by atoms with van der Waals surface area (Å²) in [5.41, 5.74) is -0.719. The minimum absolute atomic E-state index is 0.0670. The van der Waals surface area contributed by atoms with Crippen LogP contribution in [0.4, 0.5) is 19.0 Å². The summed E-state index contributed by atoms with van der Waals surface area (Å²) in [6, 6.07) is 1.66. The topological polar surface area (TPSA) is 57.7 Å². The molecule has 1 aromatic rings. The highest BCUT2D eigenvalue weighted by molar-refractivity contribution is 7.99. The van der Waals surface area contributed by atoms with Crippen molar-refractivity contribution in [3.63, 3.8) is 0 Å². The minimum atomic E-state index is -4.39. The highest BCUT2D eigenvalue weighted by Crippen LogP contribution is 2.40. The average Bonchev–Trinajstić information content (AvgIpc) is 2.64. The van der Waals surface area contributed by atoms with E-state index in [2.05, 4.69) is 10.3 Å². The molecule has 28 heavy (non-hydrogen) atoms. The van der Waals surface area contributed by atoms with Crippen molar-refractivity contribution < 1.29 is 22.7 Å². The molecule has 1 amide bonds. The lowest BCUT2D eigenvalue weighted by atomic mass is 10.1. The van der Waals surface area contributed by atoms with E-state index in [1.54, 1.807) is 0 Å². The lowest BCUT2D eigenvalue weighted by Crippen LogP contribution is -2.57. The summed E-state index contributed by atoms with van der Waals surface area (Å²) in [7, 11) is 0. The predicted molar refractivity (Wildman–Crippen MR) is 99.5 cm³/mol. The van der Waals surface area contributed by atoms with Crippen LogP contribution in [0, 0.1) is 0 Å². The van der Waals surface area contributed by atoms with Gasteiger partial charge in [-0.3, -0.25) is 4.79 Å². The van der Waals surface area contributed by atoms with Crippen molar-refractivity contribution in [1.29, 1.82) is 0 Å². The Bertz CT molecular complexity index is 729. The Morgan fingerprint density at radius 3 is 2.93 bits per heavy atom. The standard InChI is InChI=1S/C18H23F3N4O2S/c19-18(20,21)12-7-15-17(23-8-12)25-5-4-24(9-14(25)11-28-15)16(26)2-6-27-10-13-1-3-22-13/h7-8,13-14,22H,1-6,9-11H2. The molecular formula is C18H23F3N4O2S. The fraction of sp³-hybridized carbons (Fsp3) is 0.667. The first-order valence-electron chi connectivity index (χ1n) is 9.47. The summed E-state index contributed by atoms with van der Waals surface area (Å²) in [5, 5.41) is 3.25. The van der Waals surface area contributed by atoms with Crippen molar-refractivity contribution in [3.05, 3.63) is 17.8 Å². The zero-order valence-electron chi connectivity index (χ0n) is 15.4. The number of alkyl halides is 3. The molecule has 154 valence electrons. The van der Waals surface area contributed by atoms with Crippen molar-refractivity contribution in [3.8, 4) is 0 Å². The van der Waals surface area contributed by atoms with Gasteiger partial charge in [-0.1, -0.05) is 0 Å². The summed E-state index contributed by atoms with van der Waals surface area (Å²) in [6.45, 7) is 3.79. The number of fused-ring (bicyclic) bond motifs is 3. The van der Waals surface area contributed by atoms with Gasteiger partial charge >= 0.3 is 6.18 Å². The fourth-order valence-electron chi connectivity index (χ4n) is 3.64. The molecule has 0 spiro atoms. The second-order valence-electron chi connectivity index (χ2n) is 7.31. The molecular weight excluding hydrogens is 393 g/mol. The molecule has 4 heterocycles. The highest BCUT2D eigenvalue weighted by Gasteiger charge is 2.37. The van der Waals surface area contributed by atoms with Gasteiger partial charge in [0, 0.05) is 37.6 Å². The number of aromatic nitrogens is 1. The van der Waals surface area contributed by atoms with Gasteiger partial charge in [0.1, 0.15) is 5.82 Å². The minimum Gasteiger partial charge on any atom is -0.379 e. The quantitative estimate of drug-likeness (QED) is 0.741. The molecule has 4 rings (SSSR count). The number of rotatable bonds is 5. The molecule has 0 aliphatic carbocycles. The number of halogens is 3. The van der Waals surface area contributed by atoms with Gasteiger partial charge in [0.25, 0.3) is 0 Å². The molecule has 2 atom stereocenters. The molecule has 10 heteroatoms. The monoisotopic (exact) mass is 416 g/mol. The third-order valence-corrected chi connectivity index (χ3v) is 6.57. The number of nitrogens with zero attached hydrogens (tertiary/aromatic N) is 3. The summed E-state index contributed by atoms with van der Waals surface area (Å²) in [4.78, 5) is 21.0. The van der Waals surface area contributed by atoms with Gasteiger partial charge < -0.3 is 19.9 Å². The van der Waals surface area contributed by atoms with Crippen LogP contribution in [0.3, 0.4) is 0 Å². The zero-order chi connectivity index (χ0) is 19.7. The van der Waals surface area contributed by atoms with Gasteiger partial charge in [-0.15, -0.1) is 11.8 Å². The second-order valence-corrected chi connectivity index (χ2v) is 8.37. The number of hydrogen-bond donors (Lipinski definition) is 1. The SMILES string of the molecule is O=C(CCOCC1CCN1)N1CCN2c3ncc(C(F)(F)F)cc3SCC2C1. The van der Waals surface area contributed by atoms with E-state index in [0.29, 0.717) is 61.8 Å². The summed E-state index contributed by atoms with van der Waals surface area (Å²) in [5.74, 6) is 1.30. The number of ether oxygens (including phenoxy) is 1. The van der Waals surface area contributed by atoms with Crippen LogP contribution in [-0.4, -0.2) is 73.0 Å². The number of amides is 1. The van der Waals surface area contributed by atoms with E-state index >= 15 is 0 Å². The third kappa shape index (κ3) is 4.23. The summed E-state index contributed by atoms with van der Waals surface area (Å²) in [6.07, 6.45) is -2.01. The van der Waals surface area contributed by atoms with E-state index in [1.807, 2.05) is 9.80 Å². The molecule has 1 aromatic heterocycles. The first-order valence-corrected chi connectivity index (χ1v) is 10.5. The number of carbonyl (C=O) groups is 1. The number of pyridine rings is 1. The summed E-state index contributed by atoms with van der Waals surface area (Å²) < 4.78 is 44.3. The van der Waals surface area contributed by atoms with E-state index in [4.69, 9.17) is 4.74 Å². The molecule has 2 saturated heterocycles. The van der Waals surface area contributed by atoms with E-state index < -0.39 is 11.7 Å². The van der Waals surface area contributed by atoms with Crippen LogP contribution in [-0.2, 0) is 15.7 Å². The van der Waals surface area contributed by atoms with Gasteiger partial charge in [-0.2, -0.15) is 13.2 Å². The van der Waals surface area contributed by atoms with Crippen LogP contribution in [0.2, 0.25) is 0 Å². The maximum atomic E-state index is 12.9. The second kappa shape index (κ2) is 8.08. The van der Waals surface area contributed by atoms with Crippen molar-refractivity contribution in [1.82, 2.24) is 15.2 Å². The largest absolute Gasteiger partial charge is 0.417 e. The van der Waals surface area contributed by atoms with Crippen molar-refractivity contribution in [2.45, 2.75) is 36.0 Å². The molecule has 3 aliphatic rings. The number of thioether (sulfide) groups is 1. The first-order chi connectivity index (χ1) is 13.4. The predicted octanol–water partition coefficient (Wildman–Crippen LogP) is 1.99. The number of nitrogens with one attached hydrogen (secondary N) is 1. The highest BCUT2D eigenvalue weighted by atomic mass is 32.2. The van der Waals surface area contributed by atoms with E-state index in [1.165, 1.54) is 17.8 Å². The molecule has 2 unspecified atom stereocenters. The molecule has 6 nitrogen and oxygen atoms in total. The molecule has 0 aromatic carbocycles. The lowest BCUT2D eigenvalue weighted by molar-refractivity contribution is -0.138.